The van der Waals surface area contributed by atoms with Crippen molar-refractivity contribution in [2.24, 2.45) is 0 Å². The van der Waals surface area contributed by atoms with Gasteiger partial charge < -0.3 is 25.4 Å². The van der Waals surface area contributed by atoms with Crippen molar-refractivity contribution >= 4 is 11.8 Å². The van der Waals surface area contributed by atoms with Crippen LogP contribution in [0.4, 0.5) is 0 Å². The Morgan fingerprint density at radius 2 is 1.73 bits per heavy atom. The van der Waals surface area contributed by atoms with Crippen LogP contribution in [0.2, 0.25) is 0 Å². The van der Waals surface area contributed by atoms with Crippen molar-refractivity contribution in [3.8, 4) is 5.75 Å². The van der Waals surface area contributed by atoms with Gasteiger partial charge in [-0.1, -0.05) is 12.1 Å². The minimum absolute atomic E-state index is 0.0239. The summed E-state index contributed by atoms with van der Waals surface area (Å²) in [5, 5.41) is 13.8. The Balaban J connectivity index is 2.05. The number of hydrogen-bond acceptors (Lipinski definition) is 6. The highest BCUT2D eigenvalue weighted by molar-refractivity contribution is 6.35. The Morgan fingerprint density at radius 3 is 2.31 bits per heavy atom. The third-order valence-corrected chi connectivity index (χ3v) is 4.54. The molecule has 3 N–H and O–H groups in total. The molecular weight excluding hydrogens is 336 g/mol. The number of piperazine rings is 1. The Morgan fingerprint density at radius 1 is 1.12 bits per heavy atom. The first-order chi connectivity index (χ1) is 12.5. The third-order valence-electron chi connectivity index (χ3n) is 4.54. The average Bonchev–Trinajstić information content (AvgIpc) is 2.67. The molecule has 0 bridgehead atoms. The molecule has 1 saturated heterocycles. The van der Waals surface area contributed by atoms with Crippen molar-refractivity contribution < 1.29 is 19.4 Å². The molecule has 1 aliphatic rings. The lowest BCUT2D eigenvalue weighted by atomic mass is 10.0. The van der Waals surface area contributed by atoms with Gasteiger partial charge in [0.2, 0.25) is 0 Å². The Bertz CT molecular complexity index is 585. The number of hydrogen-bond donors (Lipinski definition) is 3. The molecule has 0 radical (unpaired) electrons. The van der Waals surface area contributed by atoms with E-state index in [2.05, 4.69) is 27.5 Å². The molecule has 1 heterocycles. The molecule has 1 atom stereocenters. The van der Waals surface area contributed by atoms with Gasteiger partial charge in [0.25, 0.3) is 0 Å². The summed E-state index contributed by atoms with van der Waals surface area (Å²) in [6.45, 7) is 3.89. The Kier molecular flexibility index (Phi) is 7.83. The first-order valence-electron chi connectivity index (χ1n) is 8.78. The van der Waals surface area contributed by atoms with Crippen molar-refractivity contribution in [3.63, 3.8) is 0 Å². The van der Waals surface area contributed by atoms with E-state index < -0.39 is 11.8 Å². The molecule has 0 spiro atoms. The molecule has 0 saturated carbocycles. The predicted molar refractivity (Wildman–Crippen MR) is 97.9 cm³/mol. The van der Waals surface area contributed by atoms with E-state index in [1.165, 1.54) is 0 Å². The summed E-state index contributed by atoms with van der Waals surface area (Å²) in [6.07, 6.45) is 0. The summed E-state index contributed by atoms with van der Waals surface area (Å²) in [6, 6.07) is 7.74. The molecule has 1 unspecified atom stereocenters. The quantitative estimate of drug-likeness (QED) is 0.549. The van der Waals surface area contributed by atoms with Gasteiger partial charge in [-0.15, -0.1) is 0 Å². The van der Waals surface area contributed by atoms with Crippen LogP contribution in [-0.2, 0) is 9.59 Å². The normalized spacial score (nSPS) is 16.7. The smallest absolute Gasteiger partial charge is 0.309 e. The molecule has 2 amide bonds. The molecule has 2 rings (SSSR count). The lowest BCUT2D eigenvalue weighted by molar-refractivity contribution is -0.139. The summed E-state index contributed by atoms with van der Waals surface area (Å²) in [7, 11) is 3.71. The van der Waals surface area contributed by atoms with E-state index in [9.17, 15) is 9.59 Å². The molecule has 1 fully saturated rings. The van der Waals surface area contributed by atoms with E-state index in [0.29, 0.717) is 6.54 Å². The molecular formula is C18H28N4O4. The minimum atomic E-state index is -0.731. The van der Waals surface area contributed by atoms with Crippen molar-refractivity contribution in [3.05, 3.63) is 29.8 Å². The van der Waals surface area contributed by atoms with Gasteiger partial charge in [-0.2, -0.15) is 0 Å². The maximum absolute atomic E-state index is 12.0. The number of carbonyl (C=O) groups excluding carboxylic acids is 2. The number of carbonyl (C=O) groups is 2. The highest BCUT2D eigenvalue weighted by atomic mass is 16.5. The number of methoxy groups -OCH3 is 1. The monoisotopic (exact) mass is 364 g/mol. The maximum Gasteiger partial charge on any atom is 0.309 e. The molecule has 0 aliphatic carbocycles. The fourth-order valence-corrected chi connectivity index (χ4v) is 2.94. The molecule has 26 heavy (non-hydrogen) atoms. The van der Waals surface area contributed by atoms with Crippen LogP contribution in [0.25, 0.3) is 0 Å². The molecule has 1 aliphatic heterocycles. The van der Waals surface area contributed by atoms with E-state index in [4.69, 9.17) is 9.84 Å². The minimum Gasteiger partial charge on any atom is -0.497 e. The second-order valence-corrected chi connectivity index (χ2v) is 6.32. The van der Waals surface area contributed by atoms with Crippen LogP contribution in [0.3, 0.4) is 0 Å². The van der Waals surface area contributed by atoms with Gasteiger partial charge in [0, 0.05) is 39.3 Å². The lowest BCUT2D eigenvalue weighted by Gasteiger charge is -2.38. The molecule has 8 heteroatoms. The standard InChI is InChI=1S/C18H28N4O4/c1-21-8-10-22(11-9-21)16(14-3-5-15(26-2)6-4-14)13-20-18(25)17(24)19-7-12-23/h3-6,16,23H,7-13H2,1-2H3,(H,19,24)(H,20,25). The largest absolute Gasteiger partial charge is 0.497 e. The number of rotatable bonds is 7. The molecule has 144 valence electrons. The molecule has 1 aromatic carbocycles. The maximum atomic E-state index is 12.0. The van der Waals surface area contributed by atoms with E-state index in [1.807, 2.05) is 24.3 Å². The van der Waals surface area contributed by atoms with Gasteiger partial charge in [0.1, 0.15) is 5.75 Å². The zero-order chi connectivity index (χ0) is 18.9. The van der Waals surface area contributed by atoms with E-state index in [0.717, 1.165) is 37.5 Å². The zero-order valence-corrected chi connectivity index (χ0v) is 15.4. The van der Waals surface area contributed by atoms with E-state index in [-0.39, 0.29) is 19.2 Å². The number of aliphatic hydroxyl groups is 1. The summed E-state index contributed by atoms with van der Waals surface area (Å²) in [5.74, 6) is -0.643. The first-order valence-corrected chi connectivity index (χ1v) is 8.78. The third kappa shape index (κ3) is 5.69. The summed E-state index contributed by atoms with van der Waals surface area (Å²) >= 11 is 0. The van der Waals surface area contributed by atoms with Gasteiger partial charge in [0.05, 0.1) is 19.8 Å². The van der Waals surface area contributed by atoms with Crippen LogP contribution in [0.1, 0.15) is 11.6 Å². The fraction of sp³-hybridized carbons (Fsp3) is 0.556. The Labute approximate surface area is 154 Å². The summed E-state index contributed by atoms with van der Waals surface area (Å²) < 4.78 is 5.21. The van der Waals surface area contributed by atoms with Gasteiger partial charge in [0.15, 0.2) is 0 Å². The van der Waals surface area contributed by atoms with Crippen LogP contribution < -0.4 is 15.4 Å². The number of nitrogens with one attached hydrogen (secondary N) is 2. The SMILES string of the molecule is COc1ccc(C(CNC(=O)C(=O)NCCO)N2CCN(C)CC2)cc1. The van der Waals surface area contributed by atoms with Crippen molar-refractivity contribution in [2.75, 3.05) is 60.0 Å². The number of ether oxygens (including phenoxy) is 1. The second kappa shape index (κ2) is 10.1. The van der Waals surface area contributed by atoms with Crippen LogP contribution in [0.5, 0.6) is 5.75 Å². The molecule has 8 nitrogen and oxygen atoms in total. The number of amides is 2. The Hall–Kier alpha value is -2.16. The summed E-state index contributed by atoms with van der Waals surface area (Å²) in [5.41, 5.74) is 1.06. The van der Waals surface area contributed by atoms with Gasteiger partial charge in [-0.25, -0.2) is 0 Å². The number of aliphatic hydroxyl groups excluding tert-OH is 1. The fourth-order valence-electron chi connectivity index (χ4n) is 2.94. The van der Waals surface area contributed by atoms with Crippen LogP contribution >= 0.6 is 0 Å². The van der Waals surface area contributed by atoms with Crippen LogP contribution in [-0.4, -0.2) is 86.8 Å². The van der Waals surface area contributed by atoms with Crippen molar-refractivity contribution in [1.82, 2.24) is 20.4 Å². The van der Waals surface area contributed by atoms with Crippen LogP contribution in [0.15, 0.2) is 24.3 Å². The average molecular weight is 364 g/mol. The molecule has 0 aromatic heterocycles. The topological polar surface area (TPSA) is 94.1 Å². The van der Waals surface area contributed by atoms with E-state index >= 15 is 0 Å². The first kappa shape index (κ1) is 20.2. The van der Waals surface area contributed by atoms with Gasteiger partial charge in [-0.3, -0.25) is 14.5 Å². The summed E-state index contributed by atoms with van der Waals surface area (Å²) in [4.78, 5) is 28.2. The van der Waals surface area contributed by atoms with Crippen molar-refractivity contribution in [2.45, 2.75) is 6.04 Å². The van der Waals surface area contributed by atoms with Gasteiger partial charge >= 0.3 is 11.8 Å². The number of nitrogens with zero attached hydrogens (tertiary/aromatic N) is 2. The highest BCUT2D eigenvalue weighted by Crippen LogP contribution is 2.23. The predicted octanol–water partition coefficient (Wildman–Crippen LogP) is -0.792. The molecule has 1 aromatic rings. The second-order valence-electron chi connectivity index (χ2n) is 6.32. The van der Waals surface area contributed by atoms with E-state index in [1.54, 1.807) is 7.11 Å². The number of likely N-dealkylation sites (N-methyl/N-ethyl adjacent to an activating group) is 1. The van der Waals surface area contributed by atoms with Crippen LogP contribution in [0, 0.1) is 0 Å². The van der Waals surface area contributed by atoms with Gasteiger partial charge in [-0.05, 0) is 24.7 Å². The number of benzene rings is 1. The van der Waals surface area contributed by atoms with Crippen molar-refractivity contribution in [1.29, 1.82) is 0 Å². The lowest BCUT2D eigenvalue weighted by Crippen LogP contribution is -2.49. The highest BCUT2D eigenvalue weighted by Gasteiger charge is 2.25. The zero-order valence-electron chi connectivity index (χ0n) is 15.4.